The summed E-state index contributed by atoms with van der Waals surface area (Å²) in [7, 11) is 0. The van der Waals surface area contributed by atoms with Crippen molar-refractivity contribution >= 4 is 85.9 Å². The van der Waals surface area contributed by atoms with E-state index in [0.717, 1.165) is 0 Å². The predicted octanol–water partition coefficient (Wildman–Crippen LogP) is -8.21. The van der Waals surface area contributed by atoms with Crippen molar-refractivity contribution < 1.29 is 51.1 Å². The molecule has 0 radical (unpaired) electrons. The van der Waals surface area contributed by atoms with Crippen molar-refractivity contribution in [2.45, 2.75) is 0 Å². The van der Waals surface area contributed by atoms with Crippen molar-refractivity contribution in [2.24, 2.45) is 0 Å². The van der Waals surface area contributed by atoms with Crippen LogP contribution < -0.4 is 16.5 Å². The van der Waals surface area contributed by atoms with Crippen LogP contribution in [0.3, 0.4) is 0 Å². The molecule has 72 valence electrons. The van der Waals surface area contributed by atoms with Crippen LogP contribution in [-0.4, -0.2) is 85.9 Å². The minimum absolute atomic E-state index is 0. The number of hydrogen-bond donors (Lipinski definition) is 0. The van der Waals surface area contributed by atoms with E-state index in [1.807, 2.05) is 0 Å². The fourth-order valence-corrected chi connectivity index (χ4v) is 0. The van der Waals surface area contributed by atoms with Crippen LogP contribution in [0.5, 0.6) is 0 Å². The van der Waals surface area contributed by atoms with Gasteiger partial charge in [-0.1, -0.05) is 0 Å². The van der Waals surface area contributed by atoms with Crippen LogP contribution in [0.1, 0.15) is 0 Å². The molecule has 0 unspecified atom stereocenters. The van der Waals surface area contributed by atoms with Gasteiger partial charge in [0.2, 0.25) is 0 Å². The number of rotatable bonds is 0. The van der Waals surface area contributed by atoms with Crippen molar-refractivity contribution in [1.29, 1.82) is 0 Å². The normalized spacial score (nSPS) is 3.43. The molecule has 0 saturated heterocycles. The summed E-state index contributed by atoms with van der Waals surface area (Å²) in [5.74, 6) is 0. The molecule has 0 rings (SSSR count). The molecule has 0 aliphatic heterocycles. The Morgan fingerprint density at radius 3 is 0.571 bits per heavy atom. The zero-order valence-corrected chi connectivity index (χ0v) is 21.1. The first kappa shape index (κ1) is 36.0. The smallest absolute Gasteiger partial charge is 2.00 e. The van der Waals surface area contributed by atoms with E-state index >= 15 is 0 Å². The predicted molar refractivity (Wildman–Crippen MR) is 37.1 cm³/mol. The van der Waals surface area contributed by atoms with Gasteiger partial charge in [0.15, 0.2) is 0 Å². The molecule has 0 aliphatic rings. The maximum absolute atomic E-state index is 8.53. The molecule has 0 heterocycles. The first-order chi connectivity index (χ1) is 5.66. The molecule has 0 aromatic rings. The molecule has 0 fully saturated rings. The molecule has 0 aromatic carbocycles. The van der Waals surface area contributed by atoms with Crippen LogP contribution in [0.25, 0.3) is 0 Å². The zero-order chi connectivity index (χ0) is 10.8. The summed E-state index contributed by atoms with van der Waals surface area (Å²) in [6, 6.07) is 0. The van der Waals surface area contributed by atoms with Gasteiger partial charge in [-0.3, -0.25) is 0 Å². The van der Waals surface area contributed by atoms with Gasteiger partial charge in [-0.25, -0.2) is 0 Å². The Labute approximate surface area is 135 Å². The Balaban J connectivity index is -0.0000000145. The minimum atomic E-state index is -2.19. The van der Waals surface area contributed by atoms with Crippen LogP contribution >= 0.6 is 0 Å². The van der Waals surface area contributed by atoms with E-state index in [9.17, 15) is 0 Å². The third-order valence-corrected chi connectivity index (χ3v) is 0. The quantitative estimate of drug-likeness (QED) is 0.290. The first-order valence-corrected chi connectivity index (χ1v) is 9.80. The Hall–Kier alpha value is 1.96. The topological polar surface area (TPSA) is 161 Å². The summed E-state index contributed by atoms with van der Waals surface area (Å²) in [5, 5.41) is 0. The Morgan fingerprint density at radius 1 is 0.571 bits per heavy atom. The fourth-order valence-electron chi connectivity index (χ4n) is 0. The molecular weight excluding hydrogens is 508 g/mol. The maximum Gasteiger partial charge on any atom is 2.00 e. The van der Waals surface area contributed by atoms with Gasteiger partial charge >= 0.3 is 137 Å². The van der Waals surface area contributed by atoms with Crippen LogP contribution in [0.15, 0.2) is 0 Å². The van der Waals surface area contributed by atoms with E-state index in [0.29, 0.717) is 0 Å². The summed E-state index contributed by atoms with van der Waals surface area (Å²) in [6.07, 6.45) is 0. The van der Waals surface area contributed by atoms with Gasteiger partial charge in [0.25, 0.3) is 0 Å². The second kappa shape index (κ2) is 82.1. The van der Waals surface area contributed by atoms with Crippen molar-refractivity contribution in [3.05, 3.63) is 0 Å². The third kappa shape index (κ3) is 610. The monoisotopic (exact) mass is 516 g/mol. The molecule has 0 aromatic heterocycles. The van der Waals surface area contributed by atoms with Crippen molar-refractivity contribution in [1.82, 2.24) is 0 Å². The van der Waals surface area contributed by atoms with Crippen molar-refractivity contribution in [2.75, 3.05) is 0 Å². The summed E-state index contributed by atoms with van der Waals surface area (Å²) < 4.78 is 68.2. The molecule has 8 nitrogen and oxygen atoms in total. The third-order valence-electron chi connectivity index (χ3n) is 0. The zero-order valence-electron chi connectivity index (χ0n) is 6.99. The van der Waals surface area contributed by atoms with Gasteiger partial charge in [0.1, 0.15) is 0 Å². The summed E-state index contributed by atoms with van der Waals surface area (Å²) >= 11 is -8.75. The molecule has 14 heavy (non-hydrogen) atoms. The molecule has 0 spiro atoms. The SMILES string of the molecule is [Mg+2].[O]=[GeH][O-].[O]=[GeH][O-].[O]=[GeH][O-].[O]=[GeH][O-].[Zn+2]. The van der Waals surface area contributed by atoms with E-state index in [4.69, 9.17) is 31.6 Å². The van der Waals surface area contributed by atoms with Gasteiger partial charge in [0, 0.05) is 0 Å². The van der Waals surface area contributed by atoms with E-state index in [2.05, 4.69) is 0 Å². The van der Waals surface area contributed by atoms with Gasteiger partial charge in [-0.05, 0) is 0 Å². The van der Waals surface area contributed by atoms with E-state index < -0.39 is 62.8 Å². The first-order valence-electron chi connectivity index (χ1n) is 1.89. The van der Waals surface area contributed by atoms with Crippen LogP contribution in [0.2, 0.25) is 0 Å². The minimum Gasteiger partial charge on any atom is 2.00 e. The Bertz CT molecular complexity index is 75.3. The molecule has 0 amide bonds. The number of hydrogen-bond acceptors (Lipinski definition) is 8. The second-order valence-electron chi connectivity index (χ2n) is 0.385. The molecular formula is H4Ge4MgO8Zn. The average Bonchev–Trinajstić information content (AvgIpc) is 1.92. The summed E-state index contributed by atoms with van der Waals surface area (Å²) in [4.78, 5) is 0. The summed E-state index contributed by atoms with van der Waals surface area (Å²) in [6.45, 7) is 0. The molecule has 0 bridgehead atoms. The van der Waals surface area contributed by atoms with Gasteiger partial charge < -0.3 is 0 Å². The molecule has 14 heteroatoms. The van der Waals surface area contributed by atoms with Crippen LogP contribution in [0, 0.1) is 0 Å². The Morgan fingerprint density at radius 2 is 0.571 bits per heavy atom. The standard InChI is InChI=1S/4GeHO2.Mg.Zn/c4*2-1-3;;/h4*1H;;/q4*-1;2*+2. The van der Waals surface area contributed by atoms with Gasteiger partial charge in [0.05, 0.1) is 0 Å². The van der Waals surface area contributed by atoms with Gasteiger partial charge in [-0.15, -0.1) is 0 Å². The Kier molecular flexibility index (Phi) is 211. The molecule has 0 atom stereocenters. The van der Waals surface area contributed by atoms with E-state index in [1.54, 1.807) is 0 Å². The van der Waals surface area contributed by atoms with E-state index in [-0.39, 0.29) is 42.5 Å². The summed E-state index contributed by atoms with van der Waals surface area (Å²) in [5.41, 5.74) is 0. The molecule has 0 saturated carbocycles. The van der Waals surface area contributed by atoms with Crippen LogP contribution in [0.4, 0.5) is 0 Å². The van der Waals surface area contributed by atoms with E-state index in [1.165, 1.54) is 0 Å². The maximum atomic E-state index is 8.53. The van der Waals surface area contributed by atoms with Crippen LogP contribution in [-0.2, 0) is 34.6 Å². The average molecular weight is 512 g/mol. The largest absolute Gasteiger partial charge is 2.00 e. The molecule has 0 N–H and O–H groups in total. The fraction of sp³-hybridized carbons (Fsp3) is 0. The van der Waals surface area contributed by atoms with Crippen molar-refractivity contribution in [3.8, 4) is 0 Å². The van der Waals surface area contributed by atoms with Crippen molar-refractivity contribution in [3.63, 3.8) is 0 Å². The molecule has 0 aliphatic carbocycles. The second-order valence-corrected chi connectivity index (χ2v) is 2.00. The van der Waals surface area contributed by atoms with Gasteiger partial charge in [-0.2, -0.15) is 0 Å².